The standard InChI is InChI=1S/C15H22N2O3S/c1-3-12(2)14-11-13(21(17,18)19)7-8-15(14)20-10-6-4-5-9-16/h7-8,11-12H,3-6,10H2,1-2H3,(H2,17,18,19). The summed E-state index contributed by atoms with van der Waals surface area (Å²) >= 11 is 0. The molecule has 0 saturated carbocycles. The highest BCUT2D eigenvalue weighted by Crippen LogP contribution is 2.31. The lowest BCUT2D eigenvalue weighted by Gasteiger charge is -2.16. The highest BCUT2D eigenvalue weighted by molar-refractivity contribution is 7.89. The predicted octanol–water partition coefficient (Wildman–Crippen LogP) is 2.92. The van der Waals surface area contributed by atoms with Crippen molar-refractivity contribution < 1.29 is 13.2 Å². The van der Waals surface area contributed by atoms with Crippen molar-refractivity contribution in [3.63, 3.8) is 0 Å². The first kappa shape index (κ1) is 17.5. The van der Waals surface area contributed by atoms with E-state index in [0.29, 0.717) is 18.8 Å². The molecule has 116 valence electrons. The van der Waals surface area contributed by atoms with Crippen LogP contribution in [0.3, 0.4) is 0 Å². The molecule has 1 rings (SSSR count). The van der Waals surface area contributed by atoms with E-state index in [9.17, 15) is 8.42 Å². The van der Waals surface area contributed by atoms with Gasteiger partial charge in [0.2, 0.25) is 10.0 Å². The van der Waals surface area contributed by atoms with Crippen LogP contribution in [0, 0.1) is 11.3 Å². The fourth-order valence-electron chi connectivity index (χ4n) is 1.93. The average molecular weight is 310 g/mol. The molecule has 0 bridgehead atoms. The molecule has 6 heteroatoms. The summed E-state index contributed by atoms with van der Waals surface area (Å²) in [6.07, 6.45) is 2.99. The summed E-state index contributed by atoms with van der Waals surface area (Å²) in [5.74, 6) is 0.870. The Morgan fingerprint density at radius 3 is 2.67 bits per heavy atom. The van der Waals surface area contributed by atoms with E-state index < -0.39 is 10.0 Å². The number of hydrogen-bond acceptors (Lipinski definition) is 4. The summed E-state index contributed by atoms with van der Waals surface area (Å²) in [6.45, 7) is 4.57. The molecular weight excluding hydrogens is 288 g/mol. The van der Waals surface area contributed by atoms with Crippen LogP contribution in [0.4, 0.5) is 0 Å². The van der Waals surface area contributed by atoms with Crippen molar-refractivity contribution in [2.24, 2.45) is 5.14 Å². The molecule has 0 radical (unpaired) electrons. The molecule has 0 saturated heterocycles. The Labute approximate surface area is 126 Å². The summed E-state index contributed by atoms with van der Waals surface area (Å²) in [5.41, 5.74) is 0.851. The number of rotatable bonds is 8. The summed E-state index contributed by atoms with van der Waals surface area (Å²) in [7, 11) is -3.71. The van der Waals surface area contributed by atoms with Gasteiger partial charge in [-0.1, -0.05) is 13.8 Å². The molecule has 0 spiro atoms. The predicted molar refractivity (Wildman–Crippen MR) is 81.5 cm³/mol. The van der Waals surface area contributed by atoms with Gasteiger partial charge in [-0.05, 0) is 48.9 Å². The second-order valence-electron chi connectivity index (χ2n) is 5.02. The van der Waals surface area contributed by atoms with Crippen LogP contribution >= 0.6 is 0 Å². The molecule has 0 aliphatic carbocycles. The van der Waals surface area contributed by atoms with Crippen LogP contribution in [-0.2, 0) is 10.0 Å². The van der Waals surface area contributed by atoms with Gasteiger partial charge in [0, 0.05) is 6.42 Å². The third-order valence-corrected chi connectivity index (χ3v) is 4.30. The fraction of sp³-hybridized carbons (Fsp3) is 0.533. The molecule has 0 fully saturated rings. The number of nitrogens with zero attached hydrogens (tertiary/aromatic N) is 1. The molecule has 21 heavy (non-hydrogen) atoms. The minimum absolute atomic E-state index is 0.106. The molecule has 0 aromatic heterocycles. The van der Waals surface area contributed by atoms with E-state index >= 15 is 0 Å². The smallest absolute Gasteiger partial charge is 0.238 e. The maximum Gasteiger partial charge on any atom is 0.238 e. The van der Waals surface area contributed by atoms with Gasteiger partial charge in [-0.3, -0.25) is 0 Å². The molecule has 1 aromatic rings. The minimum atomic E-state index is -3.71. The van der Waals surface area contributed by atoms with Gasteiger partial charge in [0.1, 0.15) is 5.75 Å². The first-order valence-electron chi connectivity index (χ1n) is 7.06. The summed E-state index contributed by atoms with van der Waals surface area (Å²) < 4.78 is 28.6. The average Bonchev–Trinajstić information content (AvgIpc) is 2.45. The van der Waals surface area contributed by atoms with Crippen molar-refractivity contribution in [1.29, 1.82) is 5.26 Å². The van der Waals surface area contributed by atoms with E-state index in [1.807, 2.05) is 13.8 Å². The van der Waals surface area contributed by atoms with E-state index in [0.717, 1.165) is 24.8 Å². The number of sulfonamides is 1. The Balaban J connectivity index is 2.90. The van der Waals surface area contributed by atoms with Gasteiger partial charge < -0.3 is 4.74 Å². The van der Waals surface area contributed by atoms with Crippen LogP contribution in [0.15, 0.2) is 23.1 Å². The van der Waals surface area contributed by atoms with Gasteiger partial charge in [-0.2, -0.15) is 5.26 Å². The van der Waals surface area contributed by atoms with E-state index in [-0.39, 0.29) is 10.8 Å². The number of primary sulfonamides is 1. The van der Waals surface area contributed by atoms with Gasteiger partial charge >= 0.3 is 0 Å². The van der Waals surface area contributed by atoms with Gasteiger partial charge in [0.15, 0.2) is 0 Å². The van der Waals surface area contributed by atoms with Crippen molar-refractivity contribution in [2.45, 2.75) is 50.3 Å². The van der Waals surface area contributed by atoms with Crippen LogP contribution in [0.25, 0.3) is 0 Å². The molecule has 0 heterocycles. The third-order valence-electron chi connectivity index (χ3n) is 3.39. The van der Waals surface area contributed by atoms with Gasteiger partial charge in [-0.15, -0.1) is 0 Å². The van der Waals surface area contributed by atoms with Crippen molar-refractivity contribution in [3.8, 4) is 11.8 Å². The van der Waals surface area contributed by atoms with E-state index in [1.54, 1.807) is 12.1 Å². The van der Waals surface area contributed by atoms with E-state index in [2.05, 4.69) is 6.07 Å². The first-order valence-corrected chi connectivity index (χ1v) is 8.61. The van der Waals surface area contributed by atoms with Gasteiger partial charge in [0.05, 0.1) is 17.6 Å². The van der Waals surface area contributed by atoms with Crippen LogP contribution in [-0.4, -0.2) is 15.0 Å². The molecule has 0 aliphatic heterocycles. The molecule has 5 nitrogen and oxygen atoms in total. The highest BCUT2D eigenvalue weighted by atomic mass is 32.2. The highest BCUT2D eigenvalue weighted by Gasteiger charge is 2.15. The monoisotopic (exact) mass is 310 g/mol. The topological polar surface area (TPSA) is 93.2 Å². The van der Waals surface area contributed by atoms with Crippen LogP contribution in [0.1, 0.15) is 51.0 Å². The maximum atomic E-state index is 11.4. The van der Waals surface area contributed by atoms with Crippen LogP contribution in [0.2, 0.25) is 0 Å². The zero-order valence-electron chi connectivity index (χ0n) is 12.5. The van der Waals surface area contributed by atoms with Crippen LogP contribution < -0.4 is 9.88 Å². The number of unbranched alkanes of at least 4 members (excludes halogenated alkanes) is 2. The van der Waals surface area contributed by atoms with E-state index in [4.69, 9.17) is 15.1 Å². The molecule has 1 atom stereocenters. The van der Waals surface area contributed by atoms with Gasteiger partial charge in [-0.25, -0.2) is 13.6 Å². The largest absolute Gasteiger partial charge is 0.493 e. The fourth-order valence-corrected chi connectivity index (χ4v) is 2.48. The van der Waals surface area contributed by atoms with Crippen molar-refractivity contribution in [3.05, 3.63) is 23.8 Å². The summed E-state index contributed by atoms with van der Waals surface area (Å²) in [4.78, 5) is 0.106. The lowest BCUT2D eigenvalue weighted by atomic mass is 9.98. The molecule has 1 unspecified atom stereocenters. The first-order chi connectivity index (χ1) is 9.90. The Bertz CT molecular complexity index is 606. The zero-order chi connectivity index (χ0) is 15.9. The molecule has 1 aromatic carbocycles. The van der Waals surface area contributed by atoms with Crippen molar-refractivity contribution in [1.82, 2.24) is 0 Å². The number of benzene rings is 1. The Hall–Kier alpha value is -1.58. The van der Waals surface area contributed by atoms with Crippen LogP contribution in [0.5, 0.6) is 5.75 Å². The second-order valence-corrected chi connectivity index (χ2v) is 6.58. The van der Waals surface area contributed by atoms with E-state index in [1.165, 1.54) is 6.07 Å². The number of nitrogens with two attached hydrogens (primary N) is 1. The molecule has 2 N–H and O–H groups in total. The SMILES string of the molecule is CCC(C)c1cc(S(N)(=O)=O)ccc1OCCCCC#N. The quantitative estimate of drug-likeness (QED) is 0.747. The summed E-state index contributed by atoms with van der Waals surface area (Å²) in [6, 6.07) is 6.81. The normalized spacial score (nSPS) is 12.7. The third kappa shape index (κ3) is 5.37. The second kappa shape index (κ2) is 8.01. The summed E-state index contributed by atoms with van der Waals surface area (Å²) in [5, 5.41) is 13.7. The Morgan fingerprint density at radius 1 is 1.38 bits per heavy atom. The van der Waals surface area contributed by atoms with Crippen molar-refractivity contribution >= 4 is 10.0 Å². The van der Waals surface area contributed by atoms with Gasteiger partial charge in [0.25, 0.3) is 0 Å². The maximum absolute atomic E-state index is 11.4. The Kier molecular flexibility index (Phi) is 6.66. The molecular formula is C15H22N2O3S. The lowest BCUT2D eigenvalue weighted by molar-refractivity contribution is 0.302. The number of ether oxygens (including phenoxy) is 1. The number of hydrogen-bond donors (Lipinski definition) is 1. The molecule has 0 amide bonds. The zero-order valence-corrected chi connectivity index (χ0v) is 13.3. The van der Waals surface area contributed by atoms with Crippen molar-refractivity contribution in [2.75, 3.05) is 6.61 Å². The number of nitriles is 1. The lowest BCUT2D eigenvalue weighted by Crippen LogP contribution is -2.13. The Morgan fingerprint density at radius 2 is 2.10 bits per heavy atom. The molecule has 0 aliphatic rings. The minimum Gasteiger partial charge on any atom is -0.493 e.